The summed E-state index contributed by atoms with van der Waals surface area (Å²) in [6, 6.07) is 13.6. The molecule has 0 aromatic heterocycles. The van der Waals surface area contributed by atoms with E-state index in [9.17, 15) is 14.0 Å². The largest absolute Gasteiger partial charge is 0.352 e. The average molecular weight is 397 g/mol. The highest BCUT2D eigenvalue weighted by Gasteiger charge is 2.29. The van der Waals surface area contributed by atoms with E-state index >= 15 is 0 Å². The van der Waals surface area contributed by atoms with Gasteiger partial charge in [0.05, 0.1) is 6.42 Å². The number of aryl methyl sites for hydroxylation is 1. The molecule has 0 aliphatic heterocycles. The summed E-state index contributed by atoms with van der Waals surface area (Å²) >= 11 is 0. The zero-order valence-corrected chi connectivity index (χ0v) is 17.2. The van der Waals surface area contributed by atoms with Gasteiger partial charge in [0.1, 0.15) is 11.9 Å². The van der Waals surface area contributed by atoms with Crippen molar-refractivity contribution in [1.29, 1.82) is 0 Å². The van der Waals surface area contributed by atoms with Gasteiger partial charge in [0.2, 0.25) is 11.8 Å². The zero-order valence-electron chi connectivity index (χ0n) is 17.2. The van der Waals surface area contributed by atoms with Crippen molar-refractivity contribution < 1.29 is 14.0 Å². The molecule has 3 rings (SSSR count). The number of rotatable bonds is 7. The van der Waals surface area contributed by atoms with Gasteiger partial charge in [-0.05, 0) is 43.9 Å². The minimum absolute atomic E-state index is 0.0661. The molecule has 1 fully saturated rings. The minimum atomic E-state index is -0.674. The molecule has 0 bridgehead atoms. The molecule has 2 aromatic rings. The lowest BCUT2D eigenvalue weighted by molar-refractivity contribution is -0.140. The number of halogens is 1. The Labute approximate surface area is 172 Å². The van der Waals surface area contributed by atoms with Crippen molar-refractivity contribution in [3.8, 4) is 0 Å². The Morgan fingerprint density at radius 1 is 1.07 bits per heavy atom. The number of amides is 2. The summed E-state index contributed by atoms with van der Waals surface area (Å²) in [4.78, 5) is 27.5. The van der Waals surface area contributed by atoms with E-state index in [2.05, 4.69) is 5.32 Å². The van der Waals surface area contributed by atoms with Crippen molar-refractivity contribution in [2.24, 2.45) is 0 Å². The van der Waals surface area contributed by atoms with Crippen LogP contribution in [0.5, 0.6) is 0 Å². The minimum Gasteiger partial charge on any atom is -0.352 e. The number of nitrogens with one attached hydrogen (secondary N) is 1. The fourth-order valence-electron chi connectivity index (χ4n) is 3.86. The van der Waals surface area contributed by atoms with Crippen molar-refractivity contribution in [2.75, 3.05) is 0 Å². The van der Waals surface area contributed by atoms with Crippen molar-refractivity contribution in [1.82, 2.24) is 10.2 Å². The summed E-state index contributed by atoms with van der Waals surface area (Å²) in [5.41, 5.74) is 2.35. The number of hydrogen-bond acceptors (Lipinski definition) is 2. The Morgan fingerprint density at radius 3 is 2.34 bits per heavy atom. The van der Waals surface area contributed by atoms with E-state index in [1.165, 1.54) is 11.0 Å². The Kier molecular flexibility index (Phi) is 7.02. The maximum absolute atomic E-state index is 14.3. The topological polar surface area (TPSA) is 49.4 Å². The van der Waals surface area contributed by atoms with Gasteiger partial charge in [-0.2, -0.15) is 0 Å². The molecule has 5 heteroatoms. The second-order valence-corrected chi connectivity index (χ2v) is 7.88. The molecule has 4 nitrogen and oxygen atoms in total. The third kappa shape index (κ3) is 5.43. The van der Waals surface area contributed by atoms with Gasteiger partial charge < -0.3 is 10.2 Å². The van der Waals surface area contributed by atoms with E-state index in [-0.39, 0.29) is 36.6 Å². The van der Waals surface area contributed by atoms with E-state index in [0.29, 0.717) is 5.56 Å². The van der Waals surface area contributed by atoms with Gasteiger partial charge >= 0.3 is 0 Å². The summed E-state index contributed by atoms with van der Waals surface area (Å²) in [5.74, 6) is -0.729. The Morgan fingerprint density at radius 2 is 1.69 bits per heavy atom. The standard InChI is InChI=1S/C24H29FN2O2/c1-17-9-3-4-10-19(17)15-23(28)27(16-20-11-5-8-14-22(20)25)18(2)24(29)26-21-12-6-7-13-21/h3-5,8-11,14,18,21H,6-7,12-13,15-16H2,1-2H3,(H,26,29). The lowest BCUT2D eigenvalue weighted by Gasteiger charge is -2.30. The maximum atomic E-state index is 14.3. The number of hydrogen-bond donors (Lipinski definition) is 1. The molecule has 1 saturated carbocycles. The second kappa shape index (κ2) is 9.68. The lowest BCUT2D eigenvalue weighted by atomic mass is 10.0. The van der Waals surface area contributed by atoms with Gasteiger partial charge in [0.25, 0.3) is 0 Å². The van der Waals surface area contributed by atoms with Crippen molar-refractivity contribution in [3.05, 3.63) is 71.0 Å². The molecule has 0 radical (unpaired) electrons. The fourth-order valence-corrected chi connectivity index (χ4v) is 3.86. The monoisotopic (exact) mass is 396 g/mol. The molecule has 1 unspecified atom stereocenters. The van der Waals surface area contributed by atoms with E-state index in [1.54, 1.807) is 25.1 Å². The van der Waals surface area contributed by atoms with E-state index in [4.69, 9.17) is 0 Å². The highest BCUT2D eigenvalue weighted by Crippen LogP contribution is 2.19. The number of carbonyl (C=O) groups is 2. The van der Waals surface area contributed by atoms with Crippen LogP contribution in [-0.2, 0) is 22.6 Å². The van der Waals surface area contributed by atoms with Gasteiger partial charge in [-0.25, -0.2) is 4.39 Å². The first kappa shape index (κ1) is 21.0. The summed E-state index contributed by atoms with van der Waals surface area (Å²) < 4.78 is 14.3. The van der Waals surface area contributed by atoms with Crippen LogP contribution in [0.4, 0.5) is 4.39 Å². The van der Waals surface area contributed by atoms with Crippen molar-refractivity contribution in [2.45, 2.75) is 64.6 Å². The van der Waals surface area contributed by atoms with Gasteiger partial charge in [-0.3, -0.25) is 9.59 Å². The molecule has 29 heavy (non-hydrogen) atoms. The zero-order chi connectivity index (χ0) is 20.8. The predicted octanol–water partition coefficient (Wildman–Crippen LogP) is 4.15. The molecule has 0 saturated heterocycles. The van der Waals surface area contributed by atoms with Crippen molar-refractivity contribution >= 4 is 11.8 Å². The van der Waals surface area contributed by atoms with Crippen LogP contribution in [0.15, 0.2) is 48.5 Å². The first-order valence-corrected chi connectivity index (χ1v) is 10.3. The predicted molar refractivity (Wildman–Crippen MR) is 112 cm³/mol. The Hall–Kier alpha value is -2.69. The van der Waals surface area contributed by atoms with Crippen LogP contribution in [0, 0.1) is 12.7 Å². The Balaban J connectivity index is 1.80. The first-order valence-electron chi connectivity index (χ1n) is 10.3. The van der Waals surface area contributed by atoms with E-state index in [1.807, 2.05) is 31.2 Å². The molecule has 1 aliphatic carbocycles. The summed E-state index contributed by atoms with van der Waals surface area (Å²) in [6.45, 7) is 3.75. The van der Waals surface area contributed by atoms with Crippen LogP contribution >= 0.6 is 0 Å². The van der Waals surface area contributed by atoms with E-state index in [0.717, 1.165) is 36.8 Å². The van der Waals surface area contributed by atoms with Crippen LogP contribution < -0.4 is 5.32 Å². The molecule has 2 aromatic carbocycles. The summed E-state index contributed by atoms with van der Waals surface area (Å²) in [5, 5.41) is 3.06. The third-order valence-corrected chi connectivity index (χ3v) is 5.77. The molecule has 0 heterocycles. The van der Waals surface area contributed by atoms with Crippen LogP contribution in [0.3, 0.4) is 0 Å². The number of nitrogens with zero attached hydrogens (tertiary/aromatic N) is 1. The quantitative estimate of drug-likeness (QED) is 0.764. The van der Waals surface area contributed by atoms with Gasteiger partial charge in [-0.1, -0.05) is 55.3 Å². The molecule has 1 N–H and O–H groups in total. The number of carbonyl (C=O) groups excluding carboxylic acids is 2. The van der Waals surface area contributed by atoms with Crippen LogP contribution in [0.25, 0.3) is 0 Å². The second-order valence-electron chi connectivity index (χ2n) is 7.88. The molecule has 0 spiro atoms. The van der Waals surface area contributed by atoms with Crippen LogP contribution in [0.2, 0.25) is 0 Å². The average Bonchev–Trinajstić information content (AvgIpc) is 3.21. The molecule has 2 amide bonds. The van der Waals surface area contributed by atoms with E-state index < -0.39 is 6.04 Å². The SMILES string of the molecule is Cc1ccccc1CC(=O)N(Cc1ccccc1F)C(C)C(=O)NC1CCCC1. The smallest absolute Gasteiger partial charge is 0.242 e. The Bertz CT molecular complexity index is 861. The molecule has 1 aliphatic rings. The summed E-state index contributed by atoms with van der Waals surface area (Å²) in [7, 11) is 0. The van der Waals surface area contributed by atoms with Crippen molar-refractivity contribution in [3.63, 3.8) is 0 Å². The fraction of sp³-hybridized carbons (Fsp3) is 0.417. The van der Waals surface area contributed by atoms with Crippen LogP contribution in [0.1, 0.15) is 49.3 Å². The highest BCUT2D eigenvalue weighted by molar-refractivity contribution is 5.88. The molecule has 1 atom stereocenters. The first-order chi connectivity index (χ1) is 14.0. The van der Waals surface area contributed by atoms with Gasteiger partial charge in [-0.15, -0.1) is 0 Å². The third-order valence-electron chi connectivity index (χ3n) is 5.77. The van der Waals surface area contributed by atoms with Gasteiger partial charge in [0.15, 0.2) is 0 Å². The summed E-state index contributed by atoms with van der Waals surface area (Å²) in [6.07, 6.45) is 4.36. The van der Waals surface area contributed by atoms with Crippen LogP contribution in [-0.4, -0.2) is 28.8 Å². The maximum Gasteiger partial charge on any atom is 0.242 e. The lowest BCUT2D eigenvalue weighted by Crippen LogP contribution is -2.50. The highest BCUT2D eigenvalue weighted by atomic mass is 19.1. The molecular formula is C24H29FN2O2. The molecule has 154 valence electrons. The normalized spacial score (nSPS) is 15.1. The molecular weight excluding hydrogens is 367 g/mol. The number of benzene rings is 2. The van der Waals surface area contributed by atoms with Gasteiger partial charge in [0, 0.05) is 18.2 Å².